The molecule has 0 atom stereocenters. The normalized spacial score (nSPS) is 11.9. The molecule has 0 radical (unpaired) electrons. The monoisotopic (exact) mass is 327 g/mol. The third-order valence-electron chi connectivity index (χ3n) is 3.26. The smallest absolute Gasteiger partial charge is 0.416 e. The highest BCUT2D eigenvalue weighted by atomic mass is 19.4. The lowest BCUT2D eigenvalue weighted by molar-refractivity contribution is -0.138. The Hall–Kier alpha value is -2.35. The molecule has 124 valence electrons. The van der Waals surface area contributed by atoms with Gasteiger partial charge in [0.25, 0.3) is 0 Å². The number of halogens is 3. The lowest BCUT2D eigenvalue weighted by atomic mass is 10.2. The summed E-state index contributed by atoms with van der Waals surface area (Å²) in [7, 11) is 1.79. The SMILES string of the molecule is CN(CCC(=O)O)Cc1cnn(-c2ccc(C(F)(F)F)cc2)c1. The van der Waals surface area contributed by atoms with Gasteiger partial charge in [-0.2, -0.15) is 18.3 Å². The fraction of sp³-hybridized carbons (Fsp3) is 0.333. The van der Waals surface area contributed by atoms with Gasteiger partial charge in [-0.3, -0.25) is 4.79 Å². The highest BCUT2D eigenvalue weighted by Gasteiger charge is 2.30. The van der Waals surface area contributed by atoms with Crippen molar-refractivity contribution in [3.05, 3.63) is 47.8 Å². The zero-order valence-corrected chi connectivity index (χ0v) is 12.4. The van der Waals surface area contributed by atoms with Gasteiger partial charge in [-0.1, -0.05) is 0 Å². The summed E-state index contributed by atoms with van der Waals surface area (Å²) < 4.78 is 39.1. The number of aliphatic carboxylic acids is 1. The number of benzene rings is 1. The fourth-order valence-electron chi connectivity index (χ4n) is 2.06. The summed E-state index contributed by atoms with van der Waals surface area (Å²) >= 11 is 0. The first-order valence-corrected chi connectivity index (χ1v) is 6.87. The van der Waals surface area contributed by atoms with E-state index in [4.69, 9.17) is 5.11 Å². The molecule has 2 aromatic rings. The molecule has 0 aliphatic rings. The second-order valence-electron chi connectivity index (χ2n) is 5.22. The highest BCUT2D eigenvalue weighted by molar-refractivity contribution is 5.66. The lowest BCUT2D eigenvalue weighted by Gasteiger charge is -2.13. The Morgan fingerprint density at radius 3 is 2.52 bits per heavy atom. The molecule has 0 saturated carbocycles. The zero-order valence-electron chi connectivity index (χ0n) is 12.4. The number of alkyl halides is 3. The van der Waals surface area contributed by atoms with Crippen LogP contribution in [0.15, 0.2) is 36.7 Å². The summed E-state index contributed by atoms with van der Waals surface area (Å²) in [6, 6.07) is 4.73. The minimum absolute atomic E-state index is 0.0452. The van der Waals surface area contributed by atoms with Crippen LogP contribution >= 0.6 is 0 Å². The number of carbonyl (C=O) groups is 1. The van der Waals surface area contributed by atoms with E-state index in [1.165, 1.54) is 16.8 Å². The van der Waals surface area contributed by atoms with E-state index in [-0.39, 0.29) is 6.42 Å². The van der Waals surface area contributed by atoms with Crippen molar-refractivity contribution in [3.63, 3.8) is 0 Å². The van der Waals surface area contributed by atoms with Gasteiger partial charge >= 0.3 is 12.1 Å². The van der Waals surface area contributed by atoms with Gasteiger partial charge in [-0.25, -0.2) is 4.68 Å². The van der Waals surface area contributed by atoms with E-state index in [2.05, 4.69) is 5.10 Å². The van der Waals surface area contributed by atoms with Gasteiger partial charge < -0.3 is 10.0 Å². The maximum absolute atomic E-state index is 12.5. The number of nitrogens with zero attached hydrogens (tertiary/aromatic N) is 3. The highest BCUT2D eigenvalue weighted by Crippen LogP contribution is 2.29. The molecule has 0 aliphatic heterocycles. The third-order valence-corrected chi connectivity index (χ3v) is 3.26. The van der Waals surface area contributed by atoms with Gasteiger partial charge in [0.05, 0.1) is 23.9 Å². The van der Waals surface area contributed by atoms with Crippen molar-refractivity contribution < 1.29 is 23.1 Å². The molecule has 1 aromatic heterocycles. The third kappa shape index (κ3) is 4.82. The topological polar surface area (TPSA) is 58.4 Å². The molecule has 0 aliphatic carbocycles. The van der Waals surface area contributed by atoms with Crippen LogP contribution in [0, 0.1) is 0 Å². The van der Waals surface area contributed by atoms with Crippen LogP contribution in [-0.4, -0.2) is 39.3 Å². The summed E-state index contributed by atoms with van der Waals surface area (Å²) in [5.74, 6) is -0.864. The van der Waals surface area contributed by atoms with E-state index in [0.717, 1.165) is 17.7 Å². The average molecular weight is 327 g/mol. The van der Waals surface area contributed by atoms with Gasteiger partial charge in [0.15, 0.2) is 0 Å². The summed E-state index contributed by atoms with van der Waals surface area (Å²) in [4.78, 5) is 12.4. The lowest BCUT2D eigenvalue weighted by Crippen LogP contribution is -2.21. The van der Waals surface area contributed by atoms with Crippen molar-refractivity contribution in [1.82, 2.24) is 14.7 Å². The number of aromatic nitrogens is 2. The van der Waals surface area contributed by atoms with Gasteiger partial charge in [0, 0.05) is 24.8 Å². The summed E-state index contributed by atoms with van der Waals surface area (Å²) in [5, 5.41) is 12.8. The van der Waals surface area contributed by atoms with E-state index < -0.39 is 17.7 Å². The van der Waals surface area contributed by atoms with Crippen molar-refractivity contribution in [3.8, 4) is 5.69 Å². The predicted molar refractivity (Wildman–Crippen MR) is 77.2 cm³/mol. The van der Waals surface area contributed by atoms with Crippen molar-refractivity contribution >= 4 is 5.97 Å². The van der Waals surface area contributed by atoms with E-state index in [9.17, 15) is 18.0 Å². The van der Waals surface area contributed by atoms with E-state index in [0.29, 0.717) is 18.8 Å². The maximum Gasteiger partial charge on any atom is 0.416 e. The molecular formula is C15H16F3N3O2. The Morgan fingerprint density at radius 1 is 1.30 bits per heavy atom. The summed E-state index contributed by atoms with van der Waals surface area (Å²) in [5.41, 5.74) is 0.664. The van der Waals surface area contributed by atoms with Crippen LogP contribution in [0.4, 0.5) is 13.2 Å². The molecule has 1 N–H and O–H groups in total. The second-order valence-corrected chi connectivity index (χ2v) is 5.22. The number of rotatable bonds is 6. The first-order valence-electron chi connectivity index (χ1n) is 6.87. The number of hydrogen-bond acceptors (Lipinski definition) is 3. The number of carboxylic acids is 1. The Balaban J connectivity index is 2.03. The molecule has 8 heteroatoms. The zero-order chi connectivity index (χ0) is 17.0. The fourth-order valence-corrected chi connectivity index (χ4v) is 2.06. The van der Waals surface area contributed by atoms with Crippen molar-refractivity contribution in [2.75, 3.05) is 13.6 Å². The molecule has 0 bridgehead atoms. The largest absolute Gasteiger partial charge is 0.481 e. The van der Waals surface area contributed by atoms with Crippen LogP contribution in [-0.2, 0) is 17.5 Å². The van der Waals surface area contributed by atoms with Gasteiger partial charge in [-0.15, -0.1) is 0 Å². The molecular weight excluding hydrogens is 311 g/mol. The van der Waals surface area contributed by atoms with Crippen LogP contribution in [0.3, 0.4) is 0 Å². The van der Waals surface area contributed by atoms with E-state index in [1.807, 2.05) is 4.90 Å². The number of hydrogen-bond donors (Lipinski definition) is 1. The van der Waals surface area contributed by atoms with Gasteiger partial charge in [-0.05, 0) is 31.3 Å². The van der Waals surface area contributed by atoms with Crippen LogP contribution in [0.2, 0.25) is 0 Å². The molecule has 0 unspecified atom stereocenters. The Kier molecular flexibility index (Phi) is 5.05. The minimum atomic E-state index is -4.36. The Bertz CT molecular complexity index is 665. The molecule has 1 heterocycles. The quantitative estimate of drug-likeness (QED) is 0.886. The Labute approximate surface area is 130 Å². The minimum Gasteiger partial charge on any atom is -0.481 e. The van der Waals surface area contributed by atoms with Crippen molar-refractivity contribution in [1.29, 1.82) is 0 Å². The summed E-state index contributed by atoms with van der Waals surface area (Å²) in [6.45, 7) is 0.911. The van der Waals surface area contributed by atoms with Gasteiger partial charge in [0.2, 0.25) is 0 Å². The van der Waals surface area contributed by atoms with Crippen molar-refractivity contribution in [2.45, 2.75) is 19.1 Å². The van der Waals surface area contributed by atoms with Crippen LogP contribution in [0.25, 0.3) is 5.69 Å². The first kappa shape index (κ1) is 17.0. The van der Waals surface area contributed by atoms with Crippen LogP contribution in [0.5, 0.6) is 0 Å². The molecule has 23 heavy (non-hydrogen) atoms. The molecule has 1 aromatic carbocycles. The molecule has 5 nitrogen and oxygen atoms in total. The van der Waals surface area contributed by atoms with E-state index >= 15 is 0 Å². The second kappa shape index (κ2) is 6.82. The molecule has 0 spiro atoms. The molecule has 2 rings (SSSR count). The van der Waals surface area contributed by atoms with Crippen molar-refractivity contribution in [2.24, 2.45) is 0 Å². The molecule has 0 fully saturated rings. The van der Waals surface area contributed by atoms with E-state index in [1.54, 1.807) is 19.4 Å². The summed E-state index contributed by atoms with van der Waals surface area (Å²) in [6.07, 6.45) is -1.00. The van der Waals surface area contributed by atoms with Crippen LogP contribution in [0.1, 0.15) is 17.5 Å². The molecule has 0 saturated heterocycles. The predicted octanol–water partition coefficient (Wildman–Crippen LogP) is 2.80. The first-order chi connectivity index (χ1) is 10.8. The standard InChI is InChI=1S/C15H16F3N3O2/c1-20(7-6-14(22)23)9-11-8-19-21(10-11)13-4-2-12(3-5-13)15(16,17)18/h2-5,8,10H,6-7,9H2,1H3,(H,22,23). The van der Waals surface area contributed by atoms with Crippen LogP contribution < -0.4 is 0 Å². The average Bonchev–Trinajstić information content (AvgIpc) is 2.93. The molecule has 0 amide bonds. The number of carboxylic acid groups (broad SMARTS) is 1. The van der Waals surface area contributed by atoms with Gasteiger partial charge in [0.1, 0.15) is 0 Å². The maximum atomic E-state index is 12.5. The Morgan fingerprint density at radius 2 is 1.96 bits per heavy atom.